The maximum atomic E-state index is 14.0. The average Bonchev–Trinajstić information content (AvgIpc) is 1.96. The lowest BCUT2D eigenvalue weighted by molar-refractivity contribution is 0.0153. The monoisotopic (exact) mass is 172 g/mol. The van der Waals surface area contributed by atoms with Gasteiger partial charge in [0.1, 0.15) is 5.67 Å². The molecule has 72 valence electrons. The van der Waals surface area contributed by atoms with Crippen LogP contribution in [-0.4, -0.2) is 5.67 Å². The van der Waals surface area contributed by atoms with E-state index in [2.05, 4.69) is 13.8 Å². The SMILES string of the molecule is CC(C)C1(F)CCC(C)(C)CC1. The number of hydrogen-bond donors (Lipinski definition) is 0. The van der Waals surface area contributed by atoms with Crippen molar-refractivity contribution in [3.63, 3.8) is 0 Å². The van der Waals surface area contributed by atoms with E-state index in [0.717, 1.165) is 25.7 Å². The molecule has 0 atom stereocenters. The summed E-state index contributed by atoms with van der Waals surface area (Å²) in [6.07, 6.45) is 3.61. The fraction of sp³-hybridized carbons (Fsp3) is 1.00. The molecule has 1 aliphatic rings. The Balaban J connectivity index is 2.55. The Labute approximate surface area is 75.5 Å². The van der Waals surface area contributed by atoms with E-state index >= 15 is 0 Å². The highest BCUT2D eigenvalue weighted by molar-refractivity contribution is 4.91. The Hall–Kier alpha value is -0.0700. The van der Waals surface area contributed by atoms with Crippen molar-refractivity contribution in [1.29, 1.82) is 0 Å². The van der Waals surface area contributed by atoms with Gasteiger partial charge < -0.3 is 0 Å². The zero-order valence-electron chi connectivity index (χ0n) is 8.78. The molecule has 0 aromatic carbocycles. The Kier molecular flexibility index (Phi) is 2.51. The van der Waals surface area contributed by atoms with Crippen LogP contribution < -0.4 is 0 Å². The smallest absolute Gasteiger partial charge is 0.113 e. The van der Waals surface area contributed by atoms with Crippen molar-refractivity contribution in [2.24, 2.45) is 11.3 Å². The van der Waals surface area contributed by atoms with Gasteiger partial charge in [-0.2, -0.15) is 0 Å². The molecule has 0 nitrogen and oxygen atoms in total. The molecule has 0 radical (unpaired) electrons. The van der Waals surface area contributed by atoms with Crippen molar-refractivity contribution in [2.45, 2.75) is 59.0 Å². The van der Waals surface area contributed by atoms with Gasteiger partial charge in [0.2, 0.25) is 0 Å². The average molecular weight is 172 g/mol. The van der Waals surface area contributed by atoms with E-state index in [0.29, 0.717) is 5.41 Å². The molecule has 0 N–H and O–H groups in total. The van der Waals surface area contributed by atoms with Crippen LogP contribution in [0.2, 0.25) is 0 Å². The number of rotatable bonds is 1. The molecule has 0 heterocycles. The minimum atomic E-state index is -0.866. The minimum absolute atomic E-state index is 0.189. The molecule has 1 saturated carbocycles. The van der Waals surface area contributed by atoms with Crippen LogP contribution in [0, 0.1) is 11.3 Å². The zero-order valence-corrected chi connectivity index (χ0v) is 8.78. The summed E-state index contributed by atoms with van der Waals surface area (Å²) in [5.74, 6) is 0.189. The van der Waals surface area contributed by atoms with Crippen LogP contribution in [0.4, 0.5) is 4.39 Å². The molecule has 0 aliphatic heterocycles. The van der Waals surface area contributed by atoms with E-state index in [1.54, 1.807) is 0 Å². The van der Waals surface area contributed by atoms with Gasteiger partial charge >= 0.3 is 0 Å². The molecule has 0 bridgehead atoms. The number of alkyl halides is 1. The standard InChI is InChI=1S/C11H21F/c1-9(2)11(12)7-5-10(3,4)6-8-11/h9H,5-8H2,1-4H3. The largest absolute Gasteiger partial charge is 0.244 e. The summed E-state index contributed by atoms with van der Waals surface area (Å²) in [5.41, 5.74) is -0.486. The Morgan fingerprint density at radius 3 is 1.75 bits per heavy atom. The van der Waals surface area contributed by atoms with E-state index in [1.165, 1.54) is 0 Å². The van der Waals surface area contributed by atoms with Crippen LogP contribution in [0.3, 0.4) is 0 Å². The van der Waals surface area contributed by atoms with Crippen LogP contribution in [0.25, 0.3) is 0 Å². The van der Waals surface area contributed by atoms with Crippen molar-refractivity contribution in [3.8, 4) is 0 Å². The Morgan fingerprint density at radius 1 is 1.00 bits per heavy atom. The summed E-state index contributed by atoms with van der Waals surface area (Å²) in [5, 5.41) is 0. The fourth-order valence-electron chi connectivity index (χ4n) is 1.92. The topological polar surface area (TPSA) is 0 Å². The summed E-state index contributed by atoms with van der Waals surface area (Å²) < 4.78 is 14.0. The van der Waals surface area contributed by atoms with Crippen LogP contribution in [0.1, 0.15) is 53.4 Å². The molecule has 12 heavy (non-hydrogen) atoms. The third-order valence-electron chi connectivity index (χ3n) is 3.47. The number of hydrogen-bond acceptors (Lipinski definition) is 0. The van der Waals surface area contributed by atoms with Crippen molar-refractivity contribution in [3.05, 3.63) is 0 Å². The van der Waals surface area contributed by atoms with Crippen molar-refractivity contribution < 1.29 is 4.39 Å². The molecule has 0 saturated heterocycles. The van der Waals surface area contributed by atoms with Crippen molar-refractivity contribution >= 4 is 0 Å². The first-order valence-corrected chi connectivity index (χ1v) is 5.05. The molecule has 0 unspecified atom stereocenters. The predicted molar refractivity (Wildman–Crippen MR) is 50.9 cm³/mol. The fourth-order valence-corrected chi connectivity index (χ4v) is 1.92. The molecule has 1 aliphatic carbocycles. The third kappa shape index (κ3) is 1.99. The molecule has 1 fully saturated rings. The quantitative estimate of drug-likeness (QED) is 0.561. The molecule has 1 rings (SSSR count). The molecule has 0 amide bonds. The lowest BCUT2D eigenvalue weighted by atomic mass is 9.68. The van der Waals surface area contributed by atoms with Gasteiger partial charge in [0.05, 0.1) is 0 Å². The second-order valence-corrected chi connectivity index (χ2v) is 5.35. The lowest BCUT2D eigenvalue weighted by Gasteiger charge is -2.40. The molecule has 0 spiro atoms. The summed E-state index contributed by atoms with van der Waals surface area (Å²) in [6, 6.07) is 0. The van der Waals surface area contributed by atoms with Crippen LogP contribution >= 0.6 is 0 Å². The second-order valence-electron chi connectivity index (χ2n) is 5.35. The summed E-state index contributed by atoms with van der Waals surface area (Å²) in [7, 11) is 0. The highest BCUT2D eigenvalue weighted by Crippen LogP contribution is 2.45. The third-order valence-corrected chi connectivity index (χ3v) is 3.47. The molecular weight excluding hydrogens is 151 g/mol. The predicted octanol–water partition coefficient (Wildman–Crippen LogP) is 3.95. The van der Waals surface area contributed by atoms with E-state index in [1.807, 2.05) is 13.8 Å². The highest BCUT2D eigenvalue weighted by Gasteiger charge is 2.40. The molecule has 1 heteroatoms. The maximum Gasteiger partial charge on any atom is 0.113 e. The second kappa shape index (κ2) is 3.01. The first-order valence-electron chi connectivity index (χ1n) is 5.05. The van der Waals surface area contributed by atoms with Gasteiger partial charge in [0.15, 0.2) is 0 Å². The van der Waals surface area contributed by atoms with Crippen LogP contribution in [-0.2, 0) is 0 Å². The maximum absolute atomic E-state index is 14.0. The summed E-state index contributed by atoms with van der Waals surface area (Å²) >= 11 is 0. The van der Waals surface area contributed by atoms with Gasteiger partial charge in [0.25, 0.3) is 0 Å². The van der Waals surface area contributed by atoms with Gasteiger partial charge in [-0.3, -0.25) is 0 Å². The highest BCUT2D eigenvalue weighted by atomic mass is 19.1. The van der Waals surface area contributed by atoms with Crippen LogP contribution in [0.5, 0.6) is 0 Å². The van der Waals surface area contributed by atoms with Crippen LogP contribution in [0.15, 0.2) is 0 Å². The van der Waals surface area contributed by atoms with Gasteiger partial charge in [-0.05, 0) is 37.0 Å². The molecular formula is C11H21F. The van der Waals surface area contributed by atoms with Gasteiger partial charge in [-0.25, -0.2) is 4.39 Å². The number of halogens is 1. The molecule has 0 aromatic heterocycles. The molecule has 0 aromatic rings. The zero-order chi connectivity index (χ0) is 9.41. The minimum Gasteiger partial charge on any atom is -0.244 e. The van der Waals surface area contributed by atoms with Gasteiger partial charge in [-0.15, -0.1) is 0 Å². The first kappa shape index (κ1) is 10.0. The van der Waals surface area contributed by atoms with Gasteiger partial charge in [0, 0.05) is 0 Å². The summed E-state index contributed by atoms with van der Waals surface area (Å²) in [4.78, 5) is 0. The summed E-state index contributed by atoms with van der Waals surface area (Å²) in [6.45, 7) is 8.48. The van der Waals surface area contributed by atoms with Crippen molar-refractivity contribution in [1.82, 2.24) is 0 Å². The lowest BCUT2D eigenvalue weighted by Crippen LogP contribution is -2.37. The normalized spacial score (nSPS) is 27.5. The van der Waals surface area contributed by atoms with E-state index in [-0.39, 0.29) is 5.92 Å². The first-order chi connectivity index (χ1) is 5.36. The van der Waals surface area contributed by atoms with Crippen molar-refractivity contribution in [2.75, 3.05) is 0 Å². The van der Waals surface area contributed by atoms with E-state index in [4.69, 9.17) is 0 Å². The van der Waals surface area contributed by atoms with E-state index < -0.39 is 5.67 Å². The Morgan fingerprint density at radius 2 is 1.42 bits per heavy atom. The Bertz CT molecular complexity index is 148. The van der Waals surface area contributed by atoms with E-state index in [9.17, 15) is 4.39 Å². The van der Waals surface area contributed by atoms with Gasteiger partial charge in [-0.1, -0.05) is 27.7 Å².